The third kappa shape index (κ3) is 4.61. The van der Waals surface area contributed by atoms with E-state index >= 15 is 0 Å². The van der Waals surface area contributed by atoms with Crippen LogP contribution in [0.5, 0.6) is 0 Å². The maximum absolute atomic E-state index is 13.0. The molecule has 1 aromatic heterocycles. The van der Waals surface area contributed by atoms with Gasteiger partial charge in [-0.1, -0.05) is 32.9 Å². The van der Waals surface area contributed by atoms with Crippen LogP contribution in [0.1, 0.15) is 67.8 Å². The Morgan fingerprint density at radius 2 is 1.87 bits per heavy atom. The van der Waals surface area contributed by atoms with Crippen LogP contribution in [0, 0.1) is 23.2 Å². The molecule has 0 spiro atoms. The lowest BCUT2D eigenvalue weighted by molar-refractivity contribution is -0.146. The molecule has 0 fully saturated rings. The first-order chi connectivity index (χ1) is 14.1. The molecule has 6 nitrogen and oxygen atoms in total. The molecule has 3 atom stereocenters. The van der Waals surface area contributed by atoms with E-state index < -0.39 is 23.8 Å². The lowest BCUT2D eigenvalue weighted by Gasteiger charge is -2.33. The van der Waals surface area contributed by atoms with Crippen molar-refractivity contribution >= 4 is 34.2 Å². The van der Waals surface area contributed by atoms with Crippen LogP contribution in [-0.4, -0.2) is 29.6 Å². The number of carbonyl (C=O) groups is 3. The molecule has 1 heterocycles. The smallest absolute Gasteiger partial charge is 0.341 e. The van der Waals surface area contributed by atoms with Crippen LogP contribution in [0.25, 0.3) is 0 Å². The molecule has 0 saturated heterocycles. The third-order valence-corrected chi connectivity index (χ3v) is 7.46. The van der Waals surface area contributed by atoms with E-state index in [0.717, 1.165) is 29.7 Å². The van der Waals surface area contributed by atoms with E-state index in [1.807, 2.05) is 12.2 Å². The van der Waals surface area contributed by atoms with E-state index in [-0.39, 0.29) is 17.9 Å². The lowest BCUT2D eigenvalue weighted by Crippen LogP contribution is -2.34. The second-order valence-corrected chi connectivity index (χ2v) is 10.3. The van der Waals surface area contributed by atoms with Gasteiger partial charge in [-0.25, -0.2) is 4.79 Å². The van der Waals surface area contributed by atoms with Crippen LogP contribution in [0.15, 0.2) is 12.2 Å². The molecule has 2 aliphatic rings. The molecule has 0 aromatic carbocycles. The van der Waals surface area contributed by atoms with Crippen LogP contribution in [-0.2, 0) is 27.2 Å². The number of anilines is 1. The number of esters is 1. The summed E-state index contributed by atoms with van der Waals surface area (Å²) in [5.41, 5.74) is 1.60. The molecule has 7 heteroatoms. The Labute approximate surface area is 181 Å². The van der Waals surface area contributed by atoms with Crippen molar-refractivity contribution in [3.05, 3.63) is 28.2 Å². The zero-order valence-electron chi connectivity index (χ0n) is 18.1. The molecule has 0 unspecified atom stereocenters. The third-order valence-electron chi connectivity index (χ3n) is 6.29. The molecule has 0 aliphatic heterocycles. The Balaban J connectivity index is 1.91. The van der Waals surface area contributed by atoms with Gasteiger partial charge in [0.2, 0.25) is 5.91 Å². The van der Waals surface area contributed by atoms with Crippen LogP contribution in [0.2, 0.25) is 0 Å². The molecule has 2 aliphatic carbocycles. The van der Waals surface area contributed by atoms with Gasteiger partial charge in [0, 0.05) is 4.88 Å². The fourth-order valence-electron chi connectivity index (χ4n) is 4.41. The molecule has 1 amide bonds. The normalized spacial score (nSPS) is 23.5. The topological polar surface area (TPSA) is 92.7 Å². The number of amides is 1. The highest BCUT2D eigenvalue weighted by Crippen LogP contribution is 2.44. The summed E-state index contributed by atoms with van der Waals surface area (Å²) >= 11 is 1.44. The Hall–Kier alpha value is -2.15. The zero-order chi connectivity index (χ0) is 22.1. The summed E-state index contributed by atoms with van der Waals surface area (Å²) in [4.78, 5) is 38.4. The van der Waals surface area contributed by atoms with Crippen LogP contribution in [0.3, 0.4) is 0 Å². The number of aliphatic carboxylic acids is 1. The maximum Gasteiger partial charge on any atom is 0.341 e. The van der Waals surface area contributed by atoms with Gasteiger partial charge in [0.15, 0.2) is 0 Å². The molecule has 3 rings (SSSR count). The monoisotopic (exact) mass is 433 g/mol. The second kappa shape index (κ2) is 8.92. The van der Waals surface area contributed by atoms with Crippen molar-refractivity contribution < 1.29 is 24.2 Å². The van der Waals surface area contributed by atoms with E-state index in [1.165, 1.54) is 11.3 Å². The van der Waals surface area contributed by atoms with Gasteiger partial charge in [0.05, 0.1) is 24.0 Å². The van der Waals surface area contributed by atoms with Crippen molar-refractivity contribution in [1.82, 2.24) is 0 Å². The minimum absolute atomic E-state index is 0.165. The molecule has 2 N–H and O–H groups in total. The number of carbonyl (C=O) groups excluding carboxylic acids is 2. The molecule has 30 heavy (non-hydrogen) atoms. The number of hydrogen-bond donors (Lipinski definition) is 2. The predicted molar refractivity (Wildman–Crippen MR) is 117 cm³/mol. The Bertz CT molecular complexity index is 864. The Kier molecular flexibility index (Phi) is 6.70. The molecule has 0 saturated carbocycles. The average molecular weight is 434 g/mol. The van der Waals surface area contributed by atoms with Gasteiger partial charge in [0.25, 0.3) is 0 Å². The number of allylic oxidation sites excluding steroid dienone is 2. The number of carboxylic acids is 1. The lowest BCUT2D eigenvalue weighted by atomic mass is 9.72. The van der Waals surface area contributed by atoms with E-state index in [1.54, 1.807) is 6.92 Å². The fraction of sp³-hybridized carbons (Fsp3) is 0.609. The minimum atomic E-state index is -0.969. The molecular formula is C23H31NO5S. The van der Waals surface area contributed by atoms with Gasteiger partial charge >= 0.3 is 11.9 Å². The molecule has 164 valence electrons. The van der Waals surface area contributed by atoms with Gasteiger partial charge in [-0.3, -0.25) is 9.59 Å². The van der Waals surface area contributed by atoms with Crippen LogP contribution >= 0.6 is 11.3 Å². The van der Waals surface area contributed by atoms with Crippen molar-refractivity contribution in [1.29, 1.82) is 0 Å². The van der Waals surface area contributed by atoms with E-state index in [9.17, 15) is 19.5 Å². The summed E-state index contributed by atoms with van der Waals surface area (Å²) in [5, 5.41) is 12.9. The van der Waals surface area contributed by atoms with Gasteiger partial charge in [-0.2, -0.15) is 0 Å². The summed E-state index contributed by atoms with van der Waals surface area (Å²) in [5.74, 6) is -2.63. The number of carboxylic acid groups (broad SMARTS) is 1. The number of ether oxygens (including phenoxy) is 1. The highest BCUT2D eigenvalue weighted by atomic mass is 32.1. The highest BCUT2D eigenvalue weighted by Gasteiger charge is 2.37. The highest BCUT2D eigenvalue weighted by molar-refractivity contribution is 7.17. The largest absolute Gasteiger partial charge is 0.481 e. The first kappa shape index (κ1) is 22.5. The Morgan fingerprint density at radius 1 is 1.20 bits per heavy atom. The Morgan fingerprint density at radius 3 is 2.47 bits per heavy atom. The van der Waals surface area contributed by atoms with Gasteiger partial charge in [-0.05, 0) is 55.9 Å². The first-order valence-corrected chi connectivity index (χ1v) is 11.4. The van der Waals surface area contributed by atoms with Gasteiger partial charge in [-0.15, -0.1) is 11.3 Å². The zero-order valence-corrected chi connectivity index (χ0v) is 18.9. The van der Waals surface area contributed by atoms with Gasteiger partial charge < -0.3 is 15.2 Å². The summed E-state index contributed by atoms with van der Waals surface area (Å²) < 4.78 is 5.28. The van der Waals surface area contributed by atoms with Crippen molar-refractivity contribution in [2.45, 2.75) is 59.8 Å². The van der Waals surface area contributed by atoms with E-state index in [0.29, 0.717) is 29.3 Å². The number of thiophene rings is 1. The summed E-state index contributed by atoms with van der Waals surface area (Å²) in [7, 11) is 0. The molecule has 0 radical (unpaired) electrons. The van der Waals surface area contributed by atoms with E-state index in [4.69, 9.17) is 4.74 Å². The minimum Gasteiger partial charge on any atom is -0.481 e. The number of fused-ring (bicyclic) bond motifs is 1. The fourth-order valence-corrected chi connectivity index (χ4v) is 5.73. The quantitative estimate of drug-likeness (QED) is 0.519. The molecule has 0 bridgehead atoms. The summed E-state index contributed by atoms with van der Waals surface area (Å²) in [6.45, 7) is 8.71. The summed E-state index contributed by atoms with van der Waals surface area (Å²) in [6, 6.07) is 0. The SMILES string of the molecule is CCOC(=O)c1c(NC(=O)[C@H]2CC=CC[C@@H]2C(=O)O)sc2c1CC[C@@H](C(C)(C)C)C2. The van der Waals surface area contributed by atoms with Crippen LogP contribution < -0.4 is 5.32 Å². The average Bonchev–Trinajstić information content (AvgIpc) is 3.04. The standard InChI is InChI=1S/C23H31NO5S/c1-5-29-22(28)18-16-11-10-13(23(2,3)4)12-17(16)30-20(18)24-19(25)14-8-6-7-9-15(14)21(26)27/h6-7,13-15H,5,8-12H2,1-4H3,(H,24,25)(H,26,27)/t13-,14+,15+/m1/s1. The maximum atomic E-state index is 13.0. The number of nitrogens with one attached hydrogen (secondary N) is 1. The van der Waals surface area contributed by atoms with Crippen molar-refractivity contribution in [3.8, 4) is 0 Å². The summed E-state index contributed by atoms with van der Waals surface area (Å²) in [6.07, 6.45) is 7.02. The van der Waals surface area contributed by atoms with Crippen LogP contribution in [0.4, 0.5) is 5.00 Å². The predicted octanol–water partition coefficient (Wildman–Crippen LogP) is 4.68. The number of rotatable bonds is 5. The number of hydrogen-bond acceptors (Lipinski definition) is 5. The second-order valence-electron chi connectivity index (χ2n) is 9.22. The first-order valence-electron chi connectivity index (χ1n) is 10.6. The molecule has 1 aromatic rings. The van der Waals surface area contributed by atoms with Crippen molar-refractivity contribution in [2.75, 3.05) is 11.9 Å². The van der Waals surface area contributed by atoms with Gasteiger partial charge in [0.1, 0.15) is 5.00 Å². The van der Waals surface area contributed by atoms with Crippen molar-refractivity contribution in [2.24, 2.45) is 23.2 Å². The van der Waals surface area contributed by atoms with E-state index in [2.05, 4.69) is 26.1 Å². The van der Waals surface area contributed by atoms with Crippen molar-refractivity contribution in [3.63, 3.8) is 0 Å². The molecular weight excluding hydrogens is 402 g/mol.